The number of piperidine rings is 1. The van der Waals surface area contributed by atoms with Crippen LogP contribution in [0.3, 0.4) is 0 Å². The molecule has 1 saturated heterocycles. The summed E-state index contributed by atoms with van der Waals surface area (Å²) in [6.07, 6.45) is 5.29. The van der Waals surface area contributed by atoms with E-state index in [1.54, 1.807) is 12.4 Å². The monoisotopic (exact) mass is 241 g/mol. The average molecular weight is 242 g/mol. The third kappa shape index (κ3) is 2.85. The van der Waals surface area contributed by atoms with Gasteiger partial charge in [0.25, 0.3) is 0 Å². The number of aromatic nitrogens is 1. The quantitative estimate of drug-likeness (QED) is 0.847. The molecule has 0 radical (unpaired) electrons. The number of nitrogens with two attached hydrogens (primary N) is 1. The zero-order chi connectivity index (χ0) is 10.7. The number of halogens is 1. The van der Waals surface area contributed by atoms with Gasteiger partial charge in [-0.15, -0.1) is 12.4 Å². The summed E-state index contributed by atoms with van der Waals surface area (Å²) in [4.78, 5) is 17.2. The Balaban J connectivity index is 0.00000128. The smallest absolute Gasteiger partial charge is 0.220 e. The molecule has 1 fully saturated rings. The molecule has 0 atom stereocenters. The third-order valence-corrected chi connectivity index (χ3v) is 2.93. The number of carbonyl (C=O) groups excluding carboxylic acids is 1. The Labute approximate surface area is 101 Å². The minimum Gasteiger partial charge on any atom is -0.371 e. The maximum Gasteiger partial charge on any atom is 0.220 e. The molecule has 1 aliphatic rings. The number of amides is 1. The van der Waals surface area contributed by atoms with E-state index in [1.807, 2.05) is 12.1 Å². The first-order chi connectivity index (χ1) is 7.27. The summed E-state index contributed by atoms with van der Waals surface area (Å²) < 4.78 is 0. The zero-order valence-corrected chi connectivity index (χ0v) is 9.82. The first-order valence-corrected chi connectivity index (χ1v) is 5.21. The third-order valence-electron chi connectivity index (χ3n) is 2.93. The van der Waals surface area contributed by atoms with Crippen molar-refractivity contribution in [3.63, 3.8) is 0 Å². The number of nitrogens with zero attached hydrogens (tertiary/aromatic N) is 2. The van der Waals surface area contributed by atoms with E-state index >= 15 is 0 Å². The first-order valence-electron chi connectivity index (χ1n) is 5.21. The van der Waals surface area contributed by atoms with E-state index in [0.717, 1.165) is 25.9 Å². The van der Waals surface area contributed by atoms with Gasteiger partial charge in [0.2, 0.25) is 5.91 Å². The second-order valence-corrected chi connectivity index (χ2v) is 3.87. The van der Waals surface area contributed by atoms with Gasteiger partial charge in [-0.05, 0) is 25.0 Å². The van der Waals surface area contributed by atoms with Gasteiger partial charge >= 0.3 is 0 Å². The molecule has 2 heterocycles. The molecule has 2 rings (SSSR count). The number of anilines is 1. The van der Waals surface area contributed by atoms with Crippen LogP contribution in [0.2, 0.25) is 0 Å². The van der Waals surface area contributed by atoms with Gasteiger partial charge < -0.3 is 10.6 Å². The Morgan fingerprint density at radius 2 is 1.88 bits per heavy atom. The van der Waals surface area contributed by atoms with Crippen LogP contribution in [0.25, 0.3) is 0 Å². The minimum atomic E-state index is -0.163. The van der Waals surface area contributed by atoms with Crippen molar-refractivity contribution in [1.82, 2.24) is 4.98 Å². The van der Waals surface area contributed by atoms with Gasteiger partial charge in [-0.3, -0.25) is 9.78 Å². The van der Waals surface area contributed by atoms with E-state index in [4.69, 9.17) is 5.73 Å². The topological polar surface area (TPSA) is 59.2 Å². The van der Waals surface area contributed by atoms with Crippen molar-refractivity contribution in [3.05, 3.63) is 24.5 Å². The van der Waals surface area contributed by atoms with Gasteiger partial charge in [0.1, 0.15) is 0 Å². The van der Waals surface area contributed by atoms with E-state index in [2.05, 4.69) is 9.88 Å². The molecule has 4 nitrogen and oxygen atoms in total. The van der Waals surface area contributed by atoms with Crippen molar-refractivity contribution >= 4 is 24.0 Å². The summed E-state index contributed by atoms with van der Waals surface area (Å²) in [5.41, 5.74) is 6.46. The molecule has 0 unspecified atom stereocenters. The Morgan fingerprint density at radius 3 is 2.38 bits per heavy atom. The molecule has 1 aromatic heterocycles. The van der Waals surface area contributed by atoms with Crippen LogP contribution in [-0.4, -0.2) is 24.0 Å². The second kappa shape index (κ2) is 5.70. The maximum absolute atomic E-state index is 11.0. The van der Waals surface area contributed by atoms with Crippen LogP contribution in [0.5, 0.6) is 0 Å². The lowest BCUT2D eigenvalue weighted by molar-refractivity contribution is -0.122. The standard InChI is InChI=1S/C11H15N3O.ClH/c12-11(15)9-3-7-14(8-4-9)10-1-5-13-6-2-10;/h1-2,5-6,9H,3-4,7-8H2,(H2,12,15);1H. The fraction of sp³-hybridized carbons (Fsp3) is 0.455. The Hall–Kier alpha value is -1.29. The highest BCUT2D eigenvalue weighted by atomic mass is 35.5. The molecule has 16 heavy (non-hydrogen) atoms. The van der Waals surface area contributed by atoms with E-state index < -0.39 is 0 Å². The Bertz CT molecular complexity index is 336. The largest absolute Gasteiger partial charge is 0.371 e. The van der Waals surface area contributed by atoms with E-state index in [0.29, 0.717) is 0 Å². The van der Waals surface area contributed by atoms with Crippen molar-refractivity contribution < 1.29 is 4.79 Å². The molecular formula is C11H16ClN3O. The van der Waals surface area contributed by atoms with Gasteiger partial charge in [-0.25, -0.2) is 0 Å². The van der Waals surface area contributed by atoms with Crippen molar-refractivity contribution in [2.75, 3.05) is 18.0 Å². The molecule has 0 saturated carbocycles. The van der Waals surface area contributed by atoms with Crippen molar-refractivity contribution in [1.29, 1.82) is 0 Å². The molecule has 2 N–H and O–H groups in total. The van der Waals surface area contributed by atoms with E-state index in [-0.39, 0.29) is 24.2 Å². The fourth-order valence-corrected chi connectivity index (χ4v) is 1.98. The molecule has 88 valence electrons. The van der Waals surface area contributed by atoms with Crippen LogP contribution >= 0.6 is 12.4 Å². The van der Waals surface area contributed by atoms with Gasteiger partial charge in [-0.1, -0.05) is 0 Å². The maximum atomic E-state index is 11.0. The average Bonchev–Trinajstić information content (AvgIpc) is 2.30. The van der Waals surface area contributed by atoms with Gasteiger partial charge in [0, 0.05) is 37.1 Å². The molecule has 1 amide bonds. The first kappa shape index (κ1) is 12.8. The van der Waals surface area contributed by atoms with Crippen LogP contribution in [-0.2, 0) is 4.79 Å². The fourth-order valence-electron chi connectivity index (χ4n) is 1.98. The van der Waals surface area contributed by atoms with Crippen LogP contribution in [0, 0.1) is 5.92 Å². The summed E-state index contributed by atoms with van der Waals surface area (Å²) in [5, 5.41) is 0. The lowest BCUT2D eigenvalue weighted by atomic mass is 9.96. The number of hydrogen-bond acceptors (Lipinski definition) is 3. The van der Waals surface area contributed by atoms with E-state index in [9.17, 15) is 4.79 Å². The van der Waals surface area contributed by atoms with E-state index in [1.165, 1.54) is 5.69 Å². The molecule has 5 heteroatoms. The van der Waals surface area contributed by atoms with Crippen molar-refractivity contribution in [2.45, 2.75) is 12.8 Å². The predicted octanol–water partition coefficient (Wildman–Crippen LogP) is 1.21. The molecule has 0 spiro atoms. The Kier molecular flexibility index (Phi) is 4.55. The highest BCUT2D eigenvalue weighted by molar-refractivity contribution is 5.85. The molecule has 1 aliphatic heterocycles. The Morgan fingerprint density at radius 1 is 1.31 bits per heavy atom. The predicted molar refractivity (Wildman–Crippen MR) is 65.6 cm³/mol. The lowest BCUT2D eigenvalue weighted by Crippen LogP contribution is -2.38. The van der Waals surface area contributed by atoms with Gasteiger partial charge in [0.05, 0.1) is 0 Å². The summed E-state index contributed by atoms with van der Waals surface area (Å²) >= 11 is 0. The van der Waals surface area contributed by atoms with Gasteiger partial charge in [-0.2, -0.15) is 0 Å². The highest BCUT2D eigenvalue weighted by Crippen LogP contribution is 2.22. The summed E-state index contributed by atoms with van der Waals surface area (Å²) in [6.45, 7) is 1.80. The van der Waals surface area contributed by atoms with Crippen molar-refractivity contribution in [3.8, 4) is 0 Å². The highest BCUT2D eigenvalue weighted by Gasteiger charge is 2.22. The van der Waals surface area contributed by atoms with Crippen LogP contribution < -0.4 is 10.6 Å². The number of pyridine rings is 1. The summed E-state index contributed by atoms with van der Waals surface area (Å²) in [6, 6.07) is 3.98. The number of carbonyl (C=O) groups is 1. The second-order valence-electron chi connectivity index (χ2n) is 3.87. The minimum absolute atomic E-state index is 0. The van der Waals surface area contributed by atoms with Gasteiger partial charge in [0.15, 0.2) is 0 Å². The molecular weight excluding hydrogens is 226 g/mol. The summed E-state index contributed by atoms with van der Waals surface area (Å²) in [7, 11) is 0. The summed E-state index contributed by atoms with van der Waals surface area (Å²) in [5.74, 6) is -0.104. The van der Waals surface area contributed by atoms with Crippen LogP contribution in [0.4, 0.5) is 5.69 Å². The molecule has 0 aromatic carbocycles. The number of primary amides is 1. The molecule has 0 aliphatic carbocycles. The number of hydrogen-bond donors (Lipinski definition) is 1. The number of rotatable bonds is 2. The van der Waals surface area contributed by atoms with Crippen LogP contribution in [0.15, 0.2) is 24.5 Å². The zero-order valence-electron chi connectivity index (χ0n) is 9.00. The molecule has 1 aromatic rings. The van der Waals surface area contributed by atoms with Crippen LogP contribution in [0.1, 0.15) is 12.8 Å². The lowest BCUT2D eigenvalue weighted by Gasteiger charge is -2.32. The SMILES string of the molecule is Cl.NC(=O)C1CCN(c2ccncc2)CC1. The normalized spacial score (nSPS) is 16.6. The van der Waals surface area contributed by atoms with Crippen molar-refractivity contribution in [2.24, 2.45) is 11.7 Å². The molecule has 0 bridgehead atoms.